The van der Waals surface area contributed by atoms with E-state index in [1.165, 1.54) is 0 Å². The lowest BCUT2D eigenvalue weighted by atomic mass is 9.72. The summed E-state index contributed by atoms with van der Waals surface area (Å²) in [7, 11) is 0. The second-order valence-electron chi connectivity index (χ2n) is 21.5. The summed E-state index contributed by atoms with van der Waals surface area (Å²) in [6.07, 6.45) is 5.76. The Hall–Kier alpha value is -6.27. The maximum Gasteiger partial charge on any atom is 0.313 e. The van der Waals surface area contributed by atoms with E-state index in [2.05, 4.69) is 9.80 Å². The molecular formula is C65H80N2O8. The van der Waals surface area contributed by atoms with Crippen LogP contribution in [0.15, 0.2) is 170 Å². The number of hydrogen-bond acceptors (Lipinski definition) is 8. The van der Waals surface area contributed by atoms with Crippen LogP contribution < -0.4 is 0 Å². The van der Waals surface area contributed by atoms with Gasteiger partial charge >= 0.3 is 11.9 Å². The molecule has 1 unspecified atom stereocenters. The fraction of sp³-hybridized carbons (Fsp3) is 0.400. The van der Waals surface area contributed by atoms with Crippen molar-refractivity contribution in [2.45, 2.75) is 115 Å². The van der Waals surface area contributed by atoms with Crippen LogP contribution >= 0.6 is 0 Å². The van der Waals surface area contributed by atoms with Crippen molar-refractivity contribution in [2.75, 3.05) is 39.3 Å². The van der Waals surface area contributed by atoms with Crippen molar-refractivity contribution in [1.82, 2.24) is 9.80 Å². The highest BCUT2D eigenvalue weighted by atomic mass is 16.4. The van der Waals surface area contributed by atoms with E-state index < -0.39 is 40.1 Å². The Morgan fingerprint density at radius 1 is 0.480 bits per heavy atom. The summed E-state index contributed by atoms with van der Waals surface area (Å²) < 4.78 is 0. The number of piperidine rings is 2. The monoisotopic (exact) mass is 1020 g/mol. The summed E-state index contributed by atoms with van der Waals surface area (Å²) >= 11 is 0. The predicted octanol–water partition coefficient (Wildman–Crippen LogP) is 11.8. The molecule has 0 bridgehead atoms. The van der Waals surface area contributed by atoms with Gasteiger partial charge in [-0.1, -0.05) is 177 Å². The number of ketones is 1. The molecule has 2 heterocycles. The van der Waals surface area contributed by atoms with Gasteiger partial charge in [-0.25, -0.2) is 0 Å². The van der Waals surface area contributed by atoms with Crippen LogP contribution in [0.25, 0.3) is 0 Å². The minimum absolute atomic E-state index is 0. The number of aliphatic carboxylic acids is 2. The van der Waals surface area contributed by atoms with Gasteiger partial charge in [0, 0.05) is 12.0 Å². The molecule has 10 heteroatoms. The van der Waals surface area contributed by atoms with Crippen LogP contribution in [0.5, 0.6) is 0 Å². The van der Waals surface area contributed by atoms with Crippen LogP contribution in [0.1, 0.15) is 142 Å². The summed E-state index contributed by atoms with van der Waals surface area (Å²) in [5, 5.41) is 53.6. The molecule has 398 valence electrons. The fourth-order valence-electron chi connectivity index (χ4n) is 10.9. The number of rotatable bonds is 20. The number of carbonyl (C=O) groups excluding carboxylic acids is 1. The molecule has 0 saturated carbocycles. The van der Waals surface area contributed by atoms with Crippen molar-refractivity contribution in [3.05, 3.63) is 214 Å². The minimum Gasteiger partial charge on any atom is -0.481 e. The zero-order valence-electron chi connectivity index (χ0n) is 43.7. The summed E-state index contributed by atoms with van der Waals surface area (Å²) in [4.78, 5) is 40.5. The van der Waals surface area contributed by atoms with E-state index in [1.807, 2.05) is 133 Å². The number of carboxylic acids is 2. The molecular weight excluding hydrogens is 937 g/mol. The van der Waals surface area contributed by atoms with Crippen LogP contribution in [0.4, 0.5) is 0 Å². The summed E-state index contributed by atoms with van der Waals surface area (Å²) in [6.45, 7) is 12.1. The second-order valence-corrected chi connectivity index (χ2v) is 21.5. The van der Waals surface area contributed by atoms with Gasteiger partial charge in [-0.15, -0.1) is 0 Å². The number of benzene rings is 6. The number of aliphatic hydroxyl groups is 3. The van der Waals surface area contributed by atoms with Crippen molar-refractivity contribution in [3.8, 4) is 0 Å². The molecule has 6 aromatic carbocycles. The van der Waals surface area contributed by atoms with Crippen LogP contribution in [0.2, 0.25) is 0 Å². The lowest BCUT2D eigenvalue weighted by Crippen LogP contribution is -2.44. The molecule has 5 N–H and O–H groups in total. The third-order valence-electron chi connectivity index (χ3n) is 16.1. The van der Waals surface area contributed by atoms with E-state index in [9.17, 15) is 39.9 Å². The van der Waals surface area contributed by atoms with Gasteiger partial charge in [-0.3, -0.25) is 14.4 Å². The maximum absolute atomic E-state index is 12.7. The van der Waals surface area contributed by atoms with Gasteiger partial charge < -0.3 is 35.3 Å². The topological polar surface area (TPSA) is 159 Å². The van der Waals surface area contributed by atoms with E-state index in [0.29, 0.717) is 24.0 Å². The SMILES string of the molecule is C.CC(C)(C(=O)O)c1ccc(C(=O)CCCN2CCC(C(O)(c3ccccc3)c3ccccc3)CC2)cc1.CC(C)(C(=O)O)c1ccc(C(O)CCCN2CCC(C(O)(c3ccccc3)c3ccccc3)CC2)cc1. The number of nitrogens with zero attached hydrogens (tertiary/aromatic N) is 2. The number of hydrogen-bond donors (Lipinski definition) is 5. The summed E-state index contributed by atoms with van der Waals surface area (Å²) in [6, 6.07) is 54.2. The van der Waals surface area contributed by atoms with Crippen molar-refractivity contribution in [2.24, 2.45) is 11.8 Å². The van der Waals surface area contributed by atoms with Gasteiger partial charge in [-0.05, 0) is 163 Å². The Morgan fingerprint density at radius 3 is 1.13 bits per heavy atom. The second kappa shape index (κ2) is 26.0. The zero-order valence-corrected chi connectivity index (χ0v) is 43.7. The van der Waals surface area contributed by atoms with E-state index in [4.69, 9.17) is 0 Å². The fourth-order valence-corrected chi connectivity index (χ4v) is 10.9. The van der Waals surface area contributed by atoms with Crippen molar-refractivity contribution in [1.29, 1.82) is 0 Å². The van der Waals surface area contributed by atoms with Gasteiger partial charge in [0.2, 0.25) is 0 Å². The quantitative estimate of drug-likeness (QED) is 0.0466. The average Bonchev–Trinajstić information content (AvgIpc) is 3.44. The normalized spacial score (nSPS) is 15.7. The van der Waals surface area contributed by atoms with E-state index in [1.54, 1.807) is 64.1 Å². The van der Waals surface area contributed by atoms with Crippen molar-refractivity contribution >= 4 is 17.7 Å². The van der Waals surface area contributed by atoms with Crippen LogP contribution in [0.3, 0.4) is 0 Å². The first-order valence-corrected chi connectivity index (χ1v) is 26.5. The van der Waals surface area contributed by atoms with Crippen molar-refractivity contribution in [3.63, 3.8) is 0 Å². The van der Waals surface area contributed by atoms with Gasteiger partial charge in [-0.2, -0.15) is 0 Å². The van der Waals surface area contributed by atoms with E-state index in [-0.39, 0.29) is 25.0 Å². The Labute approximate surface area is 445 Å². The molecule has 0 amide bonds. The first-order valence-electron chi connectivity index (χ1n) is 26.5. The highest BCUT2D eigenvalue weighted by molar-refractivity contribution is 5.96. The molecule has 2 saturated heterocycles. The molecule has 0 aliphatic carbocycles. The third kappa shape index (κ3) is 13.8. The molecule has 2 aliphatic rings. The highest BCUT2D eigenvalue weighted by Crippen LogP contribution is 2.43. The Balaban J connectivity index is 0.000000241. The maximum atomic E-state index is 12.7. The van der Waals surface area contributed by atoms with Crippen molar-refractivity contribution < 1.29 is 39.9 Å². The standard InChI is InChI=1S/C32H39NO4.C32H37NO4.CH4/c2*1-31(2,30(35)36)25-17-15-24(16-18-25)29(34)14-9-21-33-22-19-28(20-23-33)32(37,26-10-5-3-6-11-26)27-12-7-4-8-13-27;/h3-8,10-13,15-18,28-29,34,37H,9,14,19-23H2,1-2H3,(H,35,36);3-8,10-13,15-18,28,37H,9,14,19-23H2,1-2H3,(H,35,36);1H4. The molecule has 10 nitrogen and oxygen atoms in total. The number of carboxylic acid groups (broad SMARTS) is 2. The number of Topliss-reactive ketones (excluding diaryl/α,β-unsaturated/α-hetero) is 1. The van der Waals surface area contributed by atoms with Gasteiger partial charge in [0.05, 0.1) is 16.9 Å². The Bertz CT molecular complexity index is 2620. The predicted molar refractivity (Wildman–Crippen MR) is 299 cm³/mol. The lowest BCUT2D eigenvalue weighted by Gasteiger charge is -2.42. The minimum atomic E-state index is -1.02. The first kappa shape index (κ1) is 58.0. The van der Waals surface area contributed by atoms with Gasteiger partial charge in [0.15, 0.2) is 5.78 Å². The Kier molecular flexibility index (Phi) is 20.1. The summed E-state index contributed by atoms with van der Waals surface area (Å²) in [5.74, 6) is -1.43. The molecule has 0 aromatic heterocycles. The number of aliphatic hydroxyl groups excluding tert-OH is 1. The van der Waals surface area contributed by atoms with Gasteiger partial charge in [0.25, 0.3) is 0 Å². The third-order valence-corrected chi connectivity index (χ3v) is 16.1. The molecule has 8 rings (SSSR count). The Morgan fingerprint density at radius 2 is 0.800 bits per heavy atom. The molecule has 2 fully saturated rings. The molecule has 0 spiro atoms. The molecule has 1 atom stereocenters. The van der Waals surface area contributed by atoms with E-state index >= 15 is 0 Å². The van der Waals surface area contributed by atoms with Crippen LogP contribution in [-0.4, -0.2) is 92.3 Å². The number of likely N-dealkylation sites (tertiary alicyclic amines) is 2. The zero-order chi connectivity index (χ0) is 52.9. The number of carbonyl (C=O) groups is 3. The summed E-state index contributed by atoms with van der Waals surface area (Å²) in [5.41, 5.74) is 2.64. The largest absolute Gasteiger partial charge is 0.481 e. The molecule has 75 heavy (non-hydrogen) atoms. The van der Waals surface area contributed by atoms with Crippen LogP contribution in [0, 0.1) is 11.8 Å². The molecule has 0 radical (unpaired) electrons. The van der Waals surface area contributed by atoms with Crippen LogP contribution in [-0.2, 0) is 31.6 Å². The van der Waals surface area contributed by atoms with E-state index in [0.717, 1.165) is 111 Å². The van der Waals surface area contributed by atoms with Gasteiger partial charge in [0.1, 0.15) is 11.2 Å². The lowest BCUT2D eigenvalue weighted by molar-refractivity contribution is -0.143. The molecule has 6 aromatic rings. The molecule has 2 aliphatic heterocycles. The smallest absolute Gasteiger partial charge is 0.313 e. The highest BCUT2D eigenvalue weighted by Gasteiger charge is 2.43. The first-order chi connectivity index (χ1) is 35.4. The average molecular weight is 1020 g/mol.